The zero-order valence-electron chi connectivity index (χ0n) is 11.8. The van der Waals surface area contributed by atoms with Crippen LogP contribution in [0.1, 0.15) is 21.5 Å². The monoisotopic (exact) mass is 280 g/mol. The Balaban J connectivity index is 1.99. The van der Waals surface area contributed by atoms with E-state index < -0.39 is 0 Å². The van der Waals surface area contributed by atoms with Crippen LogP contribution in [0.3, 0.4) is 0 Å². The van der Waals surface area contributed by atoms with Crippen molar-refractivity contribution < 1.29 is 9.59 Å². The molecule has 1 N–H and O–H groups in total. The van der Waals surface area contributed by atoms with E-state index in [1.807, 2.05) is 43.3 Å². The summed E-state index contributed by atoms with van der Waals surface area (Å²) in [5.74, 6) is -0.306. The molecule has 0 saturated carbocycles. The second-order valence-corrected chi connectivity index (χ2v) is 5.17. The van der Waals surface area contributed by atoms with Crippen molar-refractivity contribution in [3.8, 4) is 0 Å². The van der Waals surface area contributed by atoms with E-state index >= 15 is 0 Å². The summed E-state index contributed by atoms with van der Waals surface area (Å²) in [7, 11) is 0. The lowest BCUT2D eigenvalue weighted by Crippen LogP contribution is -2.36. The molecule has 0 unspecified atom stereocenters. The zero-order chi connectivity index (χ0) is 14.8. The van der Waals surface area contributed by atoms with E-state index in [0.717, 1.165) is 5.56 Å². The number of rotatable bonds is 2. The summed E-state index contributed by atoms with van der Waals surface area (Å²) in [5.41, 5.74) is 3.42. The maximum Gasteiger partial charge on any atom is 0.253 e. The highest BCUT2D eigenvalue weighted by molar-refractivity contribution is 6.09. The zero-order valence-corrected chi connectivity index (χ0v) is 11.8. The molecule has 1 heterocycles. The maximum atomic E-state index is 12.3. The van der Waals surface area contributed by atoms with Crippen LogP contribution in [-0.2, 0) is 11.3 Å². The van der Waals surface area contributed by atoms with Crippen molar-refractivity contribution in [3.05, 3.63) is 65.2 Å². The lowest BCUT2D eigenvalue weighted by atomic mass is 10.1. The molecular weight excluding hydrogens is 264 g/mol. The number of para-hydroxylation sites is 1. The van der Waals surface area contributed by atoms with Crippen molar-refractivity contribution >= 4 is 17.5 Å². The Hall–Kier alpha value is -2.62. The second kappa shape index (κ2) is 5.40. The number of amides is 2. The largest absolute Gasteiger partial charge is 0.343 e. The minimum absolute atomic E-state index is 0.0272. The van der Waals surface area contributed by atoms with Gasteiger partial charge in [0.25, 0.3) is 5.91 Å². The molecule has 2 aromatic rings. The van der Waals surface area contributed by atoms with E-state index in [9.17, 15) is 9.59 Å². The van der Waals surface area contributed by atoms with Crippen LogP contribution in [0.25, 0.3) is 0 Å². The van der Waals surface area contributed by atoms with E-state index in [-0.39, 0.29) is 18.4 Å². The molecule has 0 spiro atoms. The minimum atomic E-state index is -0.203. The van der Waals surface area contributed by atoms with Crippen molar-refractivity contribution in [3.63, 3.8) is 0 Å². The van der Waals surface area contributed by atoms with Crippen LogP contribution in [-0.4, -0.2) is 18.4 Å². The average molecular weight is 280 g/mol. The quantitative estimate of drug-likeness (QED) is 0.917. The number of carbonyl (C=O) groups excluding carboxylic acids is 2. The molecule has 0 radical (unpaired) electrons. The fraction of sp³-hybridized carbons (Fsp3) is 0.176. The van der Waals surface area contributed by atoms with Crippen LogP contribution in [0.4, 0.5) is 5.69 Å². The van der Waals surface area contributed by atoms with E-state index in [1.165, 1.54) is 5.56 Å². The van der Waals surface area contributed by atoms with Gasteiger partial charge in [0.1, 0.15) is 0 Å². The predicted molar refractivity (Wildman–Crippen MR) is 81.1 cm³/mol. The van der Waals surface area contributed by atoms with Gasteiger partial charge in [0.15, 0.2) is 0 Å². The molecular formula is C17H16N2O2. The van der Waals surface area contributed by atoms with Gasteiger partial charge in [-0.2, -0.15) is 0 Å². The van der Waals surface area contributed by atoms with Crippen LogP contribution in [0.15, 0.2) is 48.5 Å². The SMILES string of the molecule is Cc1ccc(CN2C(=O)CNC(=O)c3ccccc32)cc1. The molecule has 21 heavy (non-hydrogen) atoms. The number of nitrogens with one attached hydrogen (secondary N) is 1. The standard InChI is InChI=1S/C17H16N2O2/c1-12-6-8-13(9-7-12)11-19-15-5-3-2-4-14(15)17(21)18-10-16(19)20/h2-9H,10-11H2,1H3,(H,18,21). The number of hydrogen-bond acceptors (Lipinski definition) is 2. The molecule has 0 atom stereocenters. The van der Waals surface area contributed by atoms with Crippen LogP contribution in [0.2, 0.25) is 0 Å². The molecule has 0 fully saturated rings. The van der Waals surface area contributed by atoms with Gasteiger partial charge >= 0.3 is 0 Å². The lowest BCUT2D eigenvalue weighted by Gasteiger charge is -2.22. The number of nitrogens with zero attached hydrogens (tertiary/aromatic N) is 1. The molecule has 106 valence electrons. The van der Waals surface area contributed by atoms with Gasteiger partial charge in [0.05, 0.1) is 24.3 Å². The van der Waals surface area contributed by atoms with Crippen LogP contribution in [0.5, 0.6) is 0 Å². The Bertz CT molecular complexity index is 692. The first-order chi connectivity index (χ1) is 10.1. The summed E-state index contributed by atoms with van der Waals surface area (Å²) in [5, 5.41) is 2.65. The summed E-state index contributed by atoms with van der Waals surface area (Å²) in [4.78, 5) is 26.0. The number of benzene rings is 2. The van der Waals surface area contributed by atoms with E-state index in [4.69, 9.17) is 0 Å². The molecule has 1 aliphatic rings. The third-order valence-electron chi connectivity index (χ3n) is 3.60. The van der Waals surface area contributed by atoms with Crippen molar-refractivity contribution in [2.24, 2.45) is 0 Å². The average Bonchev–Trinajstić information content (AvgIpc) is 2.62. The first-order valence-electron chi connectivity index (χ1n) is 6.88. The molecule has 0 aromatic heterocycles. The number of fused-ring (bicyclic) bond motifs is 1. The second-order valence-electron chi connectivity index (χ2n) is 5.17. The fourth-order valence-electron chi connectivity index (χ4n) is 2.43. The van der Waals surface area contributed by atoms with Gasteiger partial charge in [-0.05, 0) is 24.6 Å². The topological polar surface area (TPSA) is 49.4 Å². The van der Waals surface area contributed by atoms with Crippen molar-refractivity contribution in [1.82, 2.24) is 5.32 Å². The number of hydrogen-bond donors (Lipinski definition) is 1. The van der Waals surface area contributed by atoms with Gasteiger partial charge in [-0.3, -0.25) is 9.59 Å². The van der Waals surface area contributed by atoms with Gasteiger partial charge in [-0.15, -0.1) is 0 Å². The van der Waals surface area contributed by atoms with Gasteiger partial charge < -0.3 is 10.2 Å². The molecule has 0 bridgehead atoms. The molecule has 4 nitrogen and oxygen atoms in total. The molecule has 2 aromatic carbocycles. The van der Waals surface area contributed by atoms with E-state index in [1.54, 1.807) is 17.0 Å². The third kappa shape index (κ3) is 2.65. The third-order valence-corrected chi connectivity index (χ3v) is 3.60. The normalized spacial score (nSPS) is 14.4. The minimum Gasteiger partial charge on any atom is -0.343 e. The highest BCUT2D eigenvalue weighted by atomic mass is 16.2. The molecule has 0 aliphatic carbocycles. The maximum absolute atomic E-state index is 12.3. The summed E-state index contributed by atoms with van der Waals surface area (Å²) in [6, 6.07) is 15.2. The summed E-state index contributed by atoms with van der Waals surface area (Å²) in [6.07, 6.45) is 0. The van der Waals surface area contributed by atoms with Gasteiger partial charge in [0.2, 0.25) is 5.91 Å². The number of aryl methyl sites for hydroxylation is 1. The summed E-state index contributed by atoms with van der Waals surface area (Å²) in [6.45, 7) is 2.52. The highest BCUT2D eigenvalue weighted by Gasteiger charge is 2.25. The van der Waals surface area contributed by atoms with E-state index in [0.29, 0.717) is 17.8 Å². The van der Waals surface area contributed by atoms with Crippen molar-refractivity contribution in [2.45, 2.75) is 13.5 Å². The molecule has 2 amide bonds. The first kappa shape index (κ1) is 13.4. The van der Waals surface area contributed by atoms with Crippen molar-refractivity contribution in [2.75, 3.05) is 11.4 Å². The molecule has 3 rings (SSSR count). The van der Waals surface area contributed by atoms with Gasteiger partial charge in [0, 0.05) is 0 Å². The Morgan fingerprint density at radius 2 is 1.76 bits per heavy atom. The van der Waals surface area contributed by atoms with E-state index in [2.05, 4.69) is 5.32 Å². The Kier molecular flexibility index (Phi) is 3.44. The fourth-order valence-corrected chi connectivity index (χ4v) is 2.43. The smallest absolute Gasteiger partial charge is 0.253 e. The van der Waals surface area contributed by atoms with Gasteiger partial charge in [-0.25, -0.2) is 0 Å². The van der Waals surface area contributed by atoms with Crippen molar-refractivity contribution in [1.29, 1.82) is 0 Å². The Morgan fingerprint density at radius 3 is 2.52 bits per heavy atom. The summed E-state index contributed by atoms with van der Waals surface area (Å²) < 4.78 is 0. The first-order valence-corrected chi connectivity index (χ1v) is 6.88. The Labute approximate surface area is 123 Å². The summed E-state index contributed by atoms with van der Waals surface area (Å²) >= 11 is 0. The highest BCUT2D eigenvalue weighted by Crippen LogP contribution is 2.24. The van der Waals surface area contributed by atoms with Crippen LogP contribution < -0.4 is 10.2 Å². The lowest BCUT2D eigenvalue weighted by molar-refractivity contribution is -0.117. The van der Waals surface area contributed by atoms with Crippen LogP contribution in [0, 0.1) is 6.92 Å². The molecule has 1 aliphatic heterocycles. The number of anilines is 1. The van der Waals surface area contributed by atoms with Gasteiger partial charge in [-0.1, -0.05) is 42.0 Å². The Morgan fingerprint density at radius 1 is 1.05 bits per heavy atom. The molecule has 4 heteroatoms. The number of carbonyl (C=O) groups is 2. The van der Waals surface area contributed by atoms with Crippen LogP contribution >= 0.6 is 0 Å². The molecule has 0 saturated heterocycles. The predicted octanol–water partition coefficient (Wildman–Crippen LogP) is 2.27.